The number of hydrogen-bond donors (Lipinski definition) is 4. The third kappa shape index (κ3) is 5.86. The fourth-order valence-electron chi connectivity index (χ4n) is 3.35. The van der Waals surface area contributed by atoms with E-state index in [-0.39, 0.29) is 53.0 Å². The third-order valence-electron chi connectivity index (χ3n) is 5.02. The van der Waals surface area contributed by atoms with Crippen LogP contribution in [0.5, 0.6) is 5.75 Å². The second-order valence-electron chi connectivity index (χ2n) is 7.29. The Labute approximate surface area is 199 Å². The Bertz CT molecular complexity index is 1360. The van der Waals surface area contributed by atoms with Crippen LogP contribution in [-0.2, 0) is 32.9 Å². The molecule has 0 amide bonds. The molecule has 0 aliphatic heterocycles. The molecule has 0 bridgehead atoms. The largest absolute Gasteiger partial charge is 0.495 e. The van der Waals surface area contributed by atoms with Crippen LogP contribution in [0.3, 0.4) is 0 Å². The van der Waals surface area contributed by atoms with Crippen LogP contribution >= 0.6 is 0 Å². The van der Waals surface area contributed by atoms with Crippen LogP contribution in [0.4, 0.5) is 11.4 Å². The van der Waals surface area contributed by atoms with E-state index in [4.69, 9.17) is 4.74 Å². The number of benzene rings is 3. The number of methoxy groups -OCH3 is 1. The van der Waals surface area contributed by atoms with E-state index < -0.39 is 20.0 Å². The van der Waals surface area contributed by atoms with Crippen molar-refractivity contribution in [1.82, 2.24) is 0 Å². The van der Waals surface area contributed by atoms with Crippen LogP contribution in [0.15, 0.2) is 76.5 Å². The molecule has 11 heteroatoms. The van der Waals surface area contributed by atoms with Gasteiger partial charge in [0.05, 0.1) is 23.4 Å². The van der Waals surface area contributed by atoms with E-state index in [0.29, 0.717) is 11.1 Å². The Morgan fingerprint density at radius 2 is 1.24 bits per heavy atom. The van der Waals surface area contributed by atoms with Gasteiger partial charge in [0.25, 0.3) is 20.0 Å². The molecule has 0 spiro atoms. The molecule has 0 saturated heterocycles. The first-order chi connectivity index (χ1) is 16.2. The topological polar surface area (TPSA) is 142 Å². The van der Waals surface area contributed by atoms with Crippen molar-refractivity contribution >= 4 is 31.4 Å². The second kappa shape index (κ2) is 10.9. The van der Waals surface area contributed by atoms with Gasteiger partial charge in [0.1, 0.15) is 10.6 Å². The zero-order chi connectivity index (χ0) is 24.8. The fraction of sp³-hybridized carbons (Fsp3) is 0.217. The van der Waals surface area contributed by atoms with Crippen LogP contribution in [0.1, 0.15) is 11.1 Å². The van der Waals surface area contributed by atoms with Crippen molar-refractivity contribution in [2.24, 2.45) is 0 Å². The zero-order valence-electron chi connectivity index (χ0n) is 18.4. The van der Waals surface area contributed by atoms with Gasteiger partial charge in [0.2, 0.25) is 0 Å². The van der Waals surface area contributed by atoms with Gasteiger partial charge in [-0.25, -0.2) is 16.8 Å². The van der Waals surface area contributed by atoms with Crippen LogP contribution in [0.2, 0.25) is 0 Å². The number of aliphatic hydroxyl groups is 2. The number of sulfonamides is 2. The average molecular weight is 507 g/mol. The minimum Gasteiger partial charge on any atom is -0.495 e. The first-order valence-corrected chi connectivity index (χ1v) is 13.3. The third-order valence-corrected chi connectivity index (χ3v) is 7.77. The minimum atomic E-state index is -4.25. The maximum atomic E-state index is 13.2. The SMILES string of the molecule is COc1ccc(S(=O)(=O)Nc2ccccc2CCO)cc1S(=O)(=O)Nc1ccccc1CCO. The molecule has 3 aromatic carbocycles. The van der Waals surface area contributed by atoms with Gasteiger partial charge >= 0.3 is 0 Å². The molecule has 0 saturated carbocycles. The molecule has 3 aromatic rings. The number of nitrogens with one attached hydrogen (secondary N) is 2. The predicted octanol–water partition coefficient (Wildman–Crippen LogP) is 2.37. The summed E-state index contributed by atoms with van der Waals surface area (Å²) in [7, 11) is -7.13. The Morgan fingerprint density at radius 1 is 0.735 bits per heavy atom. The van der Waals surface area contributed by atoms with Crippen molar-refractivity contribution < 1.29 is 31.8 Å². The van der Waals surface area contributed by atoms with E-state index in [9.17, 15) is 27.0 Å². The van der Waals surface area contributed by atoms with Gasteiger partial charge in [0.15, 0.2) is 0 Å². The smallest absolute Gasteiger partial charge is 0.265 e. The van der Waals surface area contributed by atoms with E-state index in [2.05, 4.69) is 9.44 Å². The highest BCUT2D eigenvalue weighted by atomic mass is 32.2. The molecule has 0 fully saturated rings. The Kier molecular flexibility index (Phi) is 8.15. The van der Waals surface area contributed by atoms with Gasteiger partial charge in [-0.15, -0.1) is 0 Å². The molecule has 3 rings (SSSR count). The quantitative estimate of drug-likeness (QED) is 0.313. The highest BCUT2D eigenvalue weighted by Gasteiger charge is 2.25. The maximum absolute atomic E-state index is 13.2. The summed E-state index contributed by atoms with van der Waals surface area (Å²) in [5.74, 6) is -0.0354. The second-order valence-corrected chi connectivity index (χ2v) is 10.6. The summed E-state index contributed by atoms with van der Waals surface area (Å²) in [6.45, 7) is -0.327. The van der Waals surface area contributed by atoms with Gasteiger partial charge in [-0.2, -0.15) is 0 Å². The average Bonchev–Trinajstić information content (AvgIpc) is 2.81. The van der Waals surface area contributed by atoms with Gasteiger partial charge < -0.3 is 14.9 Å². The highest BCUT2D eigenvalue weighted by Crippen LogP contribution is 2.30. The number of ether oxygens (including phenoxy) is 1. The van der Waals surface area contributed by atoms with Crippen LogP contribution < -0.4 is 14.2 Å². The highest BCUT2D eigenvalue weighted by molar-refractivity contribution is 7.93. The van der Waals surface area contributed by atoms with Crippen LogP contribution in [0, 0.1) is 0 Å². The summed E-state index contributed by atoms with van der Waals surface area (Å²) in [6, 6.07) is 16.7. The van der Waals surface area contributed by atoms with Gasteiger partial charge in [-0.05, 0) is 54.3 Å². The van der Waals surface area contributed by atoms with Crippen LogP contribution in [0.25, 0.3) is 0 Å². The minimum absolute atomic E-state index is 0.0354. The van der Waals surface area contributed by atoms with Crippen molar-refractivity contribution in [2.75, 3.05) is 29.8 Å². The molecule has 34 heavy (non-hydrogen) atoms. The number of anilines is 2. The number of para-hydroxylation sites is 2. The monoisotopic (exact) mass is 506 g/mol. The van der Waals surface area contributed by atoms with E-state index in [1.807, 2.05) is 0 Å². The summed E-state index contributed by atoms with van der Waals surface area (Å²) in [6.07, 6.45) is 0.486. The first kappa shape index (κ1) is 25.5. The molecule has 9 nitrogen and oxygen atoms in total. The van der Waals surface area contributed by atoms with Gasteiger partial charge in [0, 0.05) is 13.2 Å². The molecule has 0 aliphatic rings. The molecule has 0 aromatic heterocycles. The molecular formula is C23H26N2O7S2. The van der Waals surface area contributed by atoms with E-state index in [1.165, 1.54) is 19.2 Å². The summed E-state index contributed by atoms with van der Waals surface area (Å²) < 4.78 is 62.7. The lowest BCUT2D eigenvalue weighted by Gasteiger charge is -2.16. The van der Waals surface area contributed by atoms with Crippen molar-refractivity contribution in [2.45, 2.75) is 22.6 Å². The normalized spacial score (nSPS) is 11.7. The molecule has 0 unspecified atom stereocenters. The number of aliphatic hydroxyl groups excluding tert-OH is 2. The summed E-state index contributed by atoms with van der Waals surface area (Å²) in [4.78, 5) is -0.642. The first-order valence-electron chi connectivity index (χ1n) is 10.3. The lowest BCUT2D eigenvalue weighted by atomic mass is 10.1. The van der Waals surface area contributed by atoms with Crippen molar-refractivity contribution in [3.8, 4) is 5.75 Å². The lowest BCUT2D eigenvalue weighted by molar-refractivity contribution is 0.299. The summed E-state index contributed by atoms with van der Waals surface area (Å²) in [5, 5.41) is 18.5. The standard InChI is InChI=1S/C23H26N2O7S2/c1-32-22-11-10-19(33(28,29)24-20-8-4-2-6-17(20)12-14-26)16-23(22)34(30,31)25-21-9-5-3-7-18(21)13-15-27/h2-11,16,24-27H,12-15H2,1H3. The van der Waals surface area contributed by atoms with E-state index in [1.54, 1.807) is 48.5 Å². The fourth-order valence-corrected chi connectivity index (χ4v) is 5.85. The maximum Gasteiger partial charge on any atom is 0.265 e. The Morgan fingerprint density at radius 3 is 1.74 bits per heavy atom. The van der Waals surface area contributed by atoms with E-state index in [0.717, 1.165) is 6.07 Å². The number of rotatable bonds is 11. The zero-order valence-corrected chi connectivity index (χ0v) is 20.1. The lowest BCUT2D eigenvalue weighted by Crippen LogP contribution is -2.18. The molecule has 0 radical (unpaired) electrons. The van der Waals surface area contributed by atoms with Crippen LogP contribution in [-0.4, -0.2) is 47.4 Å². The Balaban J connectivity index is 2.00. The van der Waals surface area contributed by atoms with E-state index >= 15 is 0 Å². The molecule has 0 atom stereocenters. The van der Waals surface area contributed by atoms with Crippen molar-refractivity contribution in [3.05, 3.63) is 77.9 Å². The summed E-state index contributed by atoms with van der Waals surface area (Å²) in [5.41, 5.74) is 1.73. The molecule has 182 valence electrons. The van der Waals surface area contributed by atoms with Crippen molar-refractivity contribution in [1.29, 1.82) is 0 Å². The summed E-state index contributed by atoms with van der Waals surface area (Å²) >= 11 is 0. The molecule has 0 aliphatic carbocycles. The van der Waals surface area contributed by atoms with Crippen molar-refractivity contribution in [3.63, 3.8) is 0 Å². The molecule has 0 heterocycles. The predicted molar refractivity (Wildman–Crippen MR) is 129 cm³/mol. The Hall–Kier alpha value is -3.12. The molecule has 4 N–H and O–H groups in total. The van der Waals surface area contributed by atoms with Gasteiger partial charge in [-0.3, -0.25) is 9.44 Å². The molecular weight excluding hydrogens is 480 g/mol. The number of hydrogen-bond acceptors (Lipinski definition) is 7. The van der Waals surface area contributed by atoms with Gasteiger partial charge in [-0.1, -0.05) is 36.4 Å².